The summed E-state index contributed by atoms with van der Waals surface area (Å²) < 4.78 is 53.5. The zero-order valence-corrected chi connectivity index (χ0v) is 14.6. The number of carbonyl (C=O) groups excluding carboxylic acids is 1. The molecule has 2 aromatic carbocycles. The molecule has 0 fully saturated rings. The first kappa shape index (κ1) is 19.9. The van der Waals surface area contributed by atoms with Gasteiger partial charge in [-0.05, 0) is 49.4 Å². The van der Waals surface area contributed by atoms with Crippen LogP contribution in [0.1, 0.15) is 18.9 Å². The van der Waals surface area contributed by atoms with Gasteiger partial charge >= 0.3 is 12.1 Å². The molecule has 8 heteroatoms. The Morgan fingerprint density at radius 2 is 1.73 bits per heavy atom. The zero-order valence-electron chi connectivity index (χ0n) is 13.8. The van der Waals surface area contributed by atoms with E-state index in [1.165, 1.54) is 0 Å². The summed E-state index contributed by atoms with van der Waals surface area (Å²) in [5.41, 5.74) is -0.847. The lowest BCUT2D eigenvalue weighted by Crippen LogP contribution is -2.09. The van der Waals surface area contributed by atoms with Crippen molar-refractivity contribution in [1.82, 2.24) is 0 Å². The van der Waals surface area contributed by atoms with Gasteiger partial charge in [-0.1, -0.05) is 11.6 Å². The molecule has 140 valence electrons. The fraction of sp³-hybridized carbons (Fsp3) is 0.278. The highest BCUT2D eigenvalue weighted by Crippen LogP contribution is 2.36. The quantitative estimate of drug-likeness (QED) is 0.589. The number of ether oxygens (including phenoxy) is 3. The second-order valence-corrected chi connectivity index (χ2v) is 5.53. The number of esters is 1. The van der Waals surface area contributed by atoms with Crippen LogP contribution < -0.4 is 9.47 Å². The normalized spacial score (nSPS) is 11.1. The predicted molar refractivity (Wildman–Crippen MR) is 89.7 cm³/mol. The molecule has 0 aromatic heterocycles. The second kappa shape index (κ2) is 8.80. The molecule has 0 aliphatic rings. The number of hydrogen-bond acceptors (Lipinski definition) is 4. The van der Waals surface area contributed by atoms with E-state index in [9.17, 15) is 18.0 Å². The lowest BCUT2D eigenvalue weighted by molar-refractivity contribution is -0.143. The molecule has 0 saturated carbocycles. The minimum atomic E-state index is -4.47. The van der Waals surface area contributed by atoms with Gasteiger partial charge in [-0.25, -0.2) is 0 Å². The third-order valence-corrected chi connectivity index (χ3v) is 3.49. The fourth-order valence-corrected chi connectivity index (χ4v) is 2.20. The Bertz CT molecular complexity index is 745. The van der Waals surface area contributed by atoms with Crippen LogP contribution in [0.3, 0.4) is 0 Å². The minimum absolute atomic E-state index is 0.107. The molecule has 0 aliphatic carbocycles. The van der Waals surface area contributed by atoms with E-state index in [1.807, 2.05) is 0 Å². The molecule has 0 heterocycles. The number of halogens is 4. The number of alkyl halides is 3. The molecule has 26 heavy (non-hydrogen) atoms. The van der Waals surface area contributed by atoms with Crippen LogP contribution in [-0.4, -0.2) is 19.2 Å². The second-order valence-electron chi connectivity index (χ2n) is 5.12. The molecule has 0 amide bonds. The van der Waals surface area contributed by atoms with Crippen LogP contribution in [0.2, 0.25) is 5.02 Å². The fourth-order valence-electron chi connectivity index (χ4n) is 1.98. The summed E-state index contributed by atoms with van der Waals surface area (Å²) in [6.45, 7) is 2.21. The Balaban J connectivity index is 1.94. The standard InChI is InChI=1S/C18H16ClF3O4/c1-2-24-17(23)9-10-25-13-4-6-14(7-5-13)26-16-8-3-12(11-15(16)19)18(20,21)22/h3-8,11H,2,9-10H2,1H3. The molecular weight excluding hydrogens is 373 g/mol. The smallest absolute Gasteiger partial charge is 0.416 e. The highest BCUT2D eigenvalue weighted by atomic mass is 35.5. The van der Waals surface area contributed by atoms with Crippen molar-refractivity contribution < 1.29 is 32.2 Å². The van der Waals surface area contributed by atoms with Gasteiger partial charge in [0, 0.05) is 0 Å². The molecule has 0 radical (unpaired) electrons. The Labute approximate surface area is 153 Å². The van der Waals surface area contributed by atoms with Crippen molar-refractivity contribution >= 4 is 17.6 Å². The van der Waals surface area contributed by atoms with Gasteiger partial charge in [0.2, 0.25) is 0 Å². The Morgan fingerprint density at radius 3 is 2.31 bits per heavy atom. The van der Waals surface area contributed by atoms with Gasteiger partial charge in [-0.3, -0.25) is 4.79 Å². The third-order valence-electron chi connectivity index (χ3n) is 3.19. The van der Waals surface area contributed by atoms with Crippen LogP contribution in [0, 0.1) is 0 Å². The molecule has 0 bridgehead atoms. The zero-order chi connectivity index (χ0) is 19.2. The molecular formula is C18H16ClF3O4. The summed E-state index contributed by atoms with van der Waals surface area (Å²) >= 11 is 5.85. The summed E-state index contributed by atoms with van der Waals surface area (Å²) in [7, 11) is 0. The average Bonchev–Trinajstić information content (AvgIpc) is 2.57. The Kier molecular flexibility index (Phi) is 6.74. The van der Waals surface area contributed by atoms with Gasteiger partial charge in [0.1, 0.15) is 17.2 Å². The molecule has 2 aromatic rings. The first-order valence-corrected chi connectivity index (χ1v) is 8.10. The monoisotopic (exact) mass is 388 g/mol. The molecule has 0 unspecified atom stereocenters. The molecule has 0 atom stereocenters. The van der Waals surface area contributed by atoms with E-state index in [0.717, 1.165) is 18.2 Å². The van der Waals surface area contributed by atoms with E-state index in [0.29, 0.717) is 18.1 Å². The van der Waals surface area contributed by atoms with Gasteiger partial charge < -0.3 is 14.2 Å². The number of hydrogen-bond donors (Lipinski definition) is 0. The lowest BCUT2D eigenvalue weighted by atomic mass is 10.2. The summed E-state index contributed by atoms with van der Waals surface area (Å²) in [5, 5.41) is -0.144. The molecule has 0 saturated heterocycles. The third kappa shape index (κ3) is 5.84. The van der Waals surface area contributed by atoms with Crippen molar-refractivity contribution in [3.8, 4) is 17.2 Å². The summed E-state index contributed by atoms with van der Waals surface area (Å²) in [5.74, 6) is 0.657. The van der Waals surface area contributed by atoms with Gasteiger partial charge in [-0.15, -0.1) is 0 Å². The first-order valence-electron chi connectivity index (χ1n) is 7.72. The van der Waals surface area contributed by atoms with Crippen molar-refractivity contribution in [3.05, 3.63) is 53.1 Å². The molecule has 2 rings (SSSR count). The average molecular weight is 389 g/mol. The van der Waals surface area contributed by atoms with Crippen molar-refractivity contribution in [3.63, 3.8) is 0 Å². The highest BCUT2D eigenvalue weighted by Gasteiger charge is 2.31. The molecule has 4 nitrogen and oxygen atoms in total. The maximum absolute atomic E-state index is 12.6. The van der Waals surface area contributed by atoms with Gasteiger partial charge in [-0.2, -0.15) is 13.2 Å². The summed E-state index contributed by atoms with van der Waals surface area (Å²) in [4.78, 5) is 11.2. The molecule has 0 spiro atoms. The lowest BCUT2D eigenvalue weighted by Gasteiger charge is -2.11. The van der Waals surface area contributed by atoms with Crippen LogP contribution in [0.5, 0.6) is 17.2 Å². The summed E-state index contributed by atoms with van der Waals surface area (Å²) in [6.07, 6.45) is -4.34. The topological polar surface area (TPSA) is 44.8 Å². The largest absolute Gasteiger partial charge is 0.493 e. The van der Waals surface area contributed by atoms with E-state index in [4.69, 9.17) is 25.8 Å². The van der Waals surface area contributed by atoms with Gasteiger partial charge in [0.05, 0.1) is 30.2 Å². The van der Waals surface area contributed by atoms with E-state index in [2.05, 4.69) is 0 Å². The highest BCUT2D eigenvalue weighted by molar-refractivity contribution is 6.32. The van der Waals surface area contributed by atoms with E-state index >= 15 is 0 Å². The van der Waals surface area contributed by atoms with Crippen molar-refractivity contribution in [2.24, 2.45) is 0 Å². The number of carbonyl (C=O) groups is 1. The first-order chi connectivity index (χ1) is 12.3. The van der Waals surface area contributed by atoms with Gasteiger partial charge in [0.25, 0.3) is 0 Å². The van der Waals surface area contributed by atoms with Crippen LogP contribution >= 0.6 is 11.6 Å². The van der Waals surface area contributed by atoms with E-state index < -0.39 is 11.7 Å². The van der Waals surface area contributed by atoms with Crippen molar-refractivity contribution in [2.75, 3.05) is 13.2 Å². The van der Waals surface area contributed by atoms with Crippen LogP contribution in [0.25, 0.3) is 0 Å². The number of rotatable bonds is 7. The number of benzene rings is 2. The summed E-state index contributed by atoms with van der Waals surface area (Å²) in [6, 6.07) is 9.24. The van der Waals surface area contributed by atoms with Gasteiger partial charge in [0.15, 0.2) is 0 Å². The van der Waals surface area contributed by atoms with Crippen LogP contribution in [0.15, 0.2) is 42.5 Å². The van der Waals surface area contributed by atoms with Crippen molar-refractivity contribution in [1.29, 1.82) is 0 Å². The van der Waals surface area contributed by atoms with E-state index in [-0.39, 0.29) is 29.8 Å². The van der Waals surface area contributed by atoms with Crippen LogP contribution in [-0.2, 0) is 15.7 Å². The maximum atomic E-state index is 12.6. The predicted octanol–water partition coefficient (Wildman–Crippen LogP) is 5.48. The molecule has 0 aliphatic heterocycles. The Morgan fingerprint density at radius 1 is 1.08 bits per heavy atom. The minimum Gasteiger partial charge on any atom is -0.493 e. The molecule has 0 N–H and O–H groups in total. The van der Waals surface area contributed by atoms with Crippen LogP contribution in [0.4, 0.5) is 13.2 Å². The van der Waals surface area contributed by atoms with Crippen molar-refractivity contribution in [2.45, 2.75) is 19.5 Å². The van der Waals surface area contributed by atoms with E-state index in [1.54, 1.807) is 31.2 Å². The SMILES string of the molecule is CCOC(=O)CCOc1ccc(Oc2ccc(C(F)(F)F)cc2Cl)cc1. The Hall–Kier alpha value is -2.41. The maximum Gasteiger partial charge on any atom is 0.416 e.